The van der Waals surface area contributed by atoms with Crippen molar-refractivity contribution in [2.75, 3.05) is 20.8 Å². The molecule has 37 heavy (non-hydrogen) atoms. The Kier molecular flexibility index (Phi) is 8.14. The first-order valence-corrected chi connectivity index (χ1v) is 12.9. The molecule has 1 atom stereocenters. The monoisotopic (exact) mass is 544 g/mol. The van der Waals surface area contributed by atoms with Gasteiger partial charge in [0, 0.05) is 5.56 Å². The van der Waals surface area contributed by atoms with Crippen LogP contribution >= 0.6 is 22.9 Å². The molecule has 2 aromatic carbocycles. The van der Waals surface area contributed by atoms with Crippen molar-refractivity contribution < 1.29 is 23.4 Å². The number of carbonyl (C=O) groups is 1. The SMILES string of the molecule is CCCCOc1ccc(C2C(C(=O)OC)=C(C)N=c3sc(=Cc4c(F)cccc4Cl)c(=O)n32)cc1OC. The second-order valence-corrected chi connectivity index (χ2v) is 9.74. The minimum Gasteiger partial charge on any atom is -0.493 e. The van der Waals surface area contributed by atoms with Gasteiger partial charge in [-0.2, -0.15) is 0 Å². The predicted molar refractivity (Wildman–Crippen MR) is 141 cm³/mol. The van der Waals surface area contributed by atoms with E-state index >= 15 is 0 Å². The van der Waals surface area contributed by atoms with E-state index in [0.29, 0.717) is 34.2 Å². The second-order valence-electron chi connectivity index (χ2n) is 8.32. The van der Waals surface area contributed by atoms with E-state index in [9.17, 15) is 14.0 Å². The zero-order valence-electron chi connectivity index (χ0n) is 20.8. The molecule has 4 rings (SSSR count). The van der Waals surface area contributed by atoms with Crippen LogP contribution in [0, 0.1) is 5.82 Å². The highest BCUT2D eigenvalue weighted by atomic mass is 35.5. The summed E-state index contributed by atoms with van der Waals surface area (Å²) >= 11 is 7.27. The molecule has 0 amide bonds. The van der Waals surface area contributed by atoms with E-state index in [1.54, 1.807) is 31.2 Å². The van der Waals surface area contributed by atoms with E-state index in [1.807, 2.05) is 0 Å². The molecular weight excluding hydrogens is 519 g/mol. The number of benzene rings is 2. The average molecular weight is 545 g/mol. The van der Waals surface area contributed by atoms with Gasteiger partial charge in [0.25, 0.3) is 5.56 Å². The number of hydrogen-bond donors (Lipinski definition) is 0. The van der Waals surface area contributed by atoms with E-state index in [0.717, 1.165) is 24.2 Å². The number of esters is 1. The van der Waals surface area contributed by atoms with Gasteiger partial charge in [0.1, 0.15) is 5.82 Å². The number of thiazole rings is 1. The third-order valence-electron chi connectivity index (χ3n) is 5.96. The number of hydrogen-bond acceptors (Lipinski definition) is 7. The summed E-state index contributed by atoms with van der Waals surface area (Å²) in [5, 5.41) is 0.178. The Labute approximate surface area is 222 Å². The van der Waals surface area contributed by atoms with Crippen LogP contribution in [0.15, 0.2) is 57.5 Å². The van der Waals surface area contributed by atoms with E-state index in [-0.39, 0.29) is 20.7 Å². The normalized spacial score (nSPS) is 15.3. The number of carbonyl (C=O) groups excluding carboxylic acids is 1. The van der Waals surface area contributed by atoms with E-state index in [4.69, 9.17) is 25.8 Å². The van der Waals surface area contributed by atoms with Crippen molar-refractivity contribution in [3.05, 3.63) is 89.3 Å². The standard InChI is InChI=1S/C27H26ClFN2O5S/c1-5-6-12-36-20-11-10-16(13-21(20)34-3)24-23(26(33)35-4)15(2)30-27-31(24)25(32)22(37-27)14-17-18(28)8-7-9-19(17)29/h7-11,13-14,24H,5-6,12H2,1-4H3. The van der Waals surface area contributed by atoms with Crippen LogP contribution in [0.2, 0.25) is 5.02 Å². The number of aromatic nitrogens is 1. The molecule has 0 aliphatic carbocycles. The highest BCUT2D eigenvalue weighted by Gasteiger charge is 2.33. The fourth-order valence-electron chi connectivity index (χ4n) is 4.09. The Bertz CT molecular complexity index is 1540. The maximum atomic E-state index is 14.5. The molecule has 0 saturated heterocycles. The molecule has 1 aliphatic rings. The largest absolute Gasteiger partial charge is 0.493 e. The van der Waals surface area contributed by atoms with Gasteiger partial charge in [-0.25, -0.2) is 14.2 Å². The summed E-state index contributed by atoms with van der Waals surface area (Å²) in [5.41, 5.74) is 0.892. The lowest BCUT2D eigenvalue weighted by molar-refractivity contribution is -0.136. The second kappa shape index (κ2) is 11.3. The molecule has 3 aromatic rings. The number of allylic oxidation sites excluding steroid dienone is 1. The molecule has 10 heteroatoms. The van der Waals surface area contributed by atoms with Crippen molar-refractivity contribution in [1.29, 1.82) is 0 Å². The number of rotatable bonds is 8. The van der Waals surface area contributed by atoms with Gasteiger partial charge in [-0.3, -0.25) is 9.36 Å². The molecular formula is C27H26ClFN2O5S. The van der Waals surface area contributed by atoms with Crippen molar-refractivity contribution >= 4 is 35.0 Å². The molecule has 7 nitrogen and oxygen atoms in total. The molecule has 1 aliphatic heterocycles. The van der Waals surface area contributed by atoms with E-state index in [2.05, 4.69) is 11.9 Å². The number of nitrogens with zero attached hydrogens (tertiary/aromatic N) is 2. The minimum atomic E-state index is -0.847. The van der Waals surface area contributed by atoms with Crippen LogP contribution in [-0.4, -0.2) is 31.4 Å². The summed E-state index contributed by atoms with van der Waals surface area (Å²) < 4.78 is 32.6. The van der Waals surface area contributed by atoms with Crippen LogP contribution < -0.4 is 24.4 Å². The Balaban J connectivity index is 1.92. The Morgan fingerprint density at radius 1 is 1.24 bits per heavy atom. The van der Waals surface area contributed by atoms with E-state index in [1.165, 1.54) is 37.0 Å². The van der Waals surface area contributed by atoms with Gasteiger partial charge >= 0.3 is 5.97 Å². The zero-order valence-corrected chi connectivity index (χ0v) is 22.4. The smallest absolute Gasteiger partial charge is 0.338 e. The van der Waals surface area contributed by atoms with Crippen molar-refractivity contribution in [3.8, 4) is 11.5 Å². The van der Waals surface area contributed by atoms with Crippen LogP contribution in [0.1, 0.15) is 43.9 Å². The van der Waals surface area contributed by atoms with Gasteiger partial charge in [-0.15, -0.1) is 0 Å². The third kappa shape index (κ3) is 5.19. The fraction of sp³-hybridized carbons (Fsp3) is 0.296. The van der Waals surface area contributed by atoms with Gasteiger partial charge < -0.3 is 14.2 Å². The summed E-state index contributed by atoms with van der Waals surface area (Å²) in [6.45, 7) is 4.29. The van der Waals surface area contributed by atoms with Crippen LogP contribution in [0.25, 0.3) is 6.08 Å². The molecule has 1 aromatic heterocycles. The van der Waals surface area contributed by atoms with Gasteiger partial charge in [0.2, 0.25) is 0 Å². The fourth-order valence-corrected chi connectivity index (χ4v) is 5.33. The topological polar surface area (TPSA) is 79.1 Å². The van der Waals surface area contributed by atoms with Gasteiger partial charge in [-0.05, 0) is 49.2 Å². The van der Waals surface area contributed by atoms with Crippen molar-refractivity contribution in [2.24, 2.45) is 4.99 Å². The average Bonchev–Trinajstić information content (AvgIpc) is 3.19. The van der Waals surface area contributed by atoms with Crippen molar-refractivity contribution in [1.82, 2.24) is 4.57 Å². The van der Waals surface area contributed by atoms with Gasteiger partial charge in [-0.1, -0.05) is 48.4 Å². The number of ether oxygens (including phenoxy) is 3. The molecule has 0 radical (unpaired) electrons. The highest BCUT2D eigenvalue weighted by Crippen LogP contribution is 2.36. The Hall–Kier alpha value is -3.43. The Morgan fingerprint density at radius 2 is 2.03 bits per heavy atom. The lowest BCUT2D eigenvalue weighted by atomic mass is 9.95. The molecule has 2 heterocycles. The van der Waals surface area contributed by atoms with Crippen LogP contribution in [0.5, 0.6) is 11.5 Å². The van der Waals surface area contributed by atoms with E-state index < -0.39 is 23.4 Å². The lowest BCUT2D eigenvalue weighted by Crippen LogP contribution is -2.39. The third-order valence-corrected chi connectivity index (χ3v) is 7.27. The van der Waals surface area contributed by atoms with Gasteiger partial charge in [0.05, 0.1) is 47.7 Å². The molecule has 0 fully saturated rings. The number of methoxy groups -OCH3 is 2. The first-order chi connectivity index (χ1) is 17.8. The summed E-state index contributed by atoms with van der Waals surface area (Å²) in [4.78, 5) is 31.4. The quantitative estimate of drug-likeness (QED) is 0.310. The minimum absolute atomic E-state index is 0.102. The molecule has 0 spiro atoms. The predicted octanol–water partition coefficient (Wildman–Crippen LogP) is 4.39. The summed E-state index contributed by atoms with van der Waals surface area (Å²) in [5.74, 6) is -0.140. The number of fused-ring (bicyclic) bond motifs is 1. The first kappa shape index (κ1) is 26.6. The van der Waals surface area contributed by atoms with Crippen LogP contribution in [0.4, 0.5) is 4.39 Å². The van der Waals surface area contributed by atoms with Crippen LogP contribution in [-0.2, 0) is 9.53 Å². The molecule has 1 unspecified atom stereocenters. The zero-order chi connectivity index (χ0) is 26.7. The first-order valence-electron chi connectivity index (χ1n) is 11.7. The molecule has 0 saturated carbocycles. The molecule has 0 bridgehead atoms. The lowest BCUT2D eigenvalue weighted by Gasteiger charge is -2.25. The van der Waals surface area contributed by atoms with Crippen molar-refractivity contribution in [2.45, 2.75) is 32.7 Å². The highest BCUT2D eigenvalue weighted by molar-refractivity contribution is 7.07. The summed E-state index contributed by atoms with van der Waals surface area (Å²) in [7, 11) is 2.80. The summed E-state index contributed by atoms with van der Waals surface area (Å²) in [6.07, 6.45) is 3.28. The number of halogens is 2. The number of unbranched alkanes of at least 4 members (excludes halogenated alkanes) is 1. The maximum Gasteiger partial charge on any atom is 0.338 e. The maximum absolute atomic E-state index is 14.5. The molecule has 0 N–H and O–H groups in total. The van der Waals surface area contributed by atoms with Crippen molar-refractivity contribution in [3.63, 3.8) is 0 Å². The van der Waals surface area contributed by atoms with Crippen LogP contribution in [0.3, 0.4) is 0 Å². The summed E-state index contributed by atoms with van der Waals surface area (Å²) in [6, 6.07) is 8.73. The Morgan fingerprint density at radius 3 is 2.70 bits per heavy atom. The molecule has 194 valence electrons. The van der Waals surface area contributed by atoms with Gasteiger partial charge in [0.15, 0.2) is 16.3 Å².